The fraction of sp³-hybridized carbons (Fsp3) is 0.562. The molecule has 5 heteroatoms. The number of rotatable bonds is 5. The number of pyridine rings is 1. The predicted octanol–water partition coefficient (Wildman–Crippen LogP) is 2.77. The second-order valence-electron chi connectivity index (χ2n) is 5.78. The minimum Gasteiger partial charge on any atom is -0.393 e. The first-order valence-electron chi connectivity index (χ1n) is 7.82. The highest BCUT2D eigenvalue weighted by Gasteiger charge is 2.22. The van der Waals surface area contributed by atoms with E-state index in [-0.39, 0.29) is 6.10 Å². The zero-order chi connectivity index (χ0) is 14.5. The molecule has 0 aromatic carbocycles. The van der Waals surface area contributed by atoms with Crippen LogP contribution in [0.25, 0.3) is 11.2 Å². The number of aromatic nitrogens is 3. The van der Waals surface area contributed by atoms with Crippen LogP contribution < -0.4 is 5.32 Å². The summed E-state index contributed by atoms with van der Waals surface area (Å²) in [5, 5.41) is 13.3. The third-order valence-electron chi connectivity index (χ3n) is 4.26. The zero-order valence-corrected chi connectivity index (χ0v) is 12.2. The van der Waals surface area contributed by atoms with Crippen molar-refractivity contribution in [2.75, 3.05) is 11.9 Å². The van der Waals surface area contributed by atoms with E-state index in [0.29, 0.717) is 11.6 Å². The van der Waals surface area contributed by atoms with Crippen LogP contribution in [0.1, 0.15) is 38.5 Å². The van der Waals surface area contributed by atoms with E-state index in [1.54, 1.807) is 12.4 Å². The Morgan fingerprint density at radius 1 is 1.14 bits per heavy atom. The Hall–Kier alpha value is -1.75. The lowest BCUT2D eigenvalue weighted by atomic mass is 9.83. The van der Waals surface area contributed by atoms with Crippen LogP contribution in [0.15, 0.2) is 24.5 Å². The van der Waals surface area contributed by atoms with Gasteiger partial charge in [-0.2, -0.15) is 0 Å². The van der Waals surface area contributed by atoms with Gasteiger partial charge < -0.3 is 10.4 Å². The molecule has 2 atom stereocenters. The number of anilines is 1. The van der Waals surface area contributed by atoms with Gasteiger partial charge in [0, 0.05) is 18.9 Å². The van der Waals surface area contributed by atoms with Crippen LogP contribution in [0.5, 0.6) is 0 Å². The van der Waals surface area contributed by atoms with Gasteiger partial charge in [-0.3, -0.25) is 4.98 Å². The first kappa shape index (κ1) is 14.2. The molecule has 1 fully saturated rings. The summed E-state index contributed by atoms with van der Waals surface area (Å²) in [6.45, 7) is 0.877. The summed E-state index contributed by atoms with van der Waals surface area (Å²) in [4.78, 5) is 12.9. The smallest absolute Gasteiger partial charge is 0.180 e. The highest BCUT2D eigenvalue weighted by atomic mass is 16.3. The summed E-state index contributed by atoms with van der Waals surface area (Å²) in [5.41, 5.74) is 1.48. The van der Waals surface area contributed by atoms with E-state index < -0.39 is 0 Å². The number of aliphatic hydroxyl groups is 1. The van der Waals surface area contributed by atoms with Gasteiger partial charge in [-0.15, -0.1) is 0 Å². The Kier molecular flexibility index (Phi) is 4.60. The van der Waals surface area contributed by atoms with E-state index in [4.69, 9.17) is 0 Å². The van der Waals surface area contributed by atoms with E-state index in [1.807, 2.05) is 12.1 Å². The monoisotopic (exact) mass is 286 g/mol. The first-order chi connectivity index (χ1) is 10.3. The molecule has 2 aromatic rings. The molecule has 2 aromatic heterocycles. The Morgan fingerprint density at radius 2 is 2.00 bits per heavy atom. The summed E-state index contributed by atoms with van der Waals surface area (Å²) in [7, 11) is 0. The zero-order valence-electron chi connectivity index (χ0n) is 12.2. The quantitative estimate of drug-likeness (QED) is 0.827. The van der Waals surface area contributed by atoms with Gasteiger partial charge in [0.1, 0.15) is 11.3 Å². The molecule has 0 radical (unpaired) electrons. The molecule has 1 aliphatic rings. The van der Waals surface area contributed by atoms with Crippen molar-refractivity contribution in [2.45, 2.75) is 44.6 Å². The van der Waals surface area contributed by atoms with Gasteiger partial charge in [-0.05, 0) is 43.7 Å². The van der Waals surface area contributed by atoms with Crippen molar-refractivity contribution < 1.29 is 5.11 Å². The number of nitrogens with one attached hydrogen (secondary N) is 1. The molecule has 3 rings (SSSR count). The molecule has 1 saturated carbocycles. The first-order valence-corrected chi connectivity index (χ1v) is 7.82. The molecule has 112 valence electrons. The number of hydrogen-bond donors (Lipinski definition) is 2. The van der Waals surface area contributed by atoms with Gasteiger partial charge in [-0.25, -0.2) is 9.97 Å². The minimum atomic E-state index is -0.0900. The van der Waals surface area contributed by atoms with Gasteiger partial charge in [0.2, 0.25) is 0 Å². The standard InChI is InChI=1S/C16H22N4O/c21-14-6-2-1-4-12(14)5-3-9-18-15-8-7-13-16(20-15)19-11-10-17-13/h7-8,10-12,14,21H,1-6,9H2,(H,18,19,20). The molecule has 0 aliphatic heterocycles. The van der Waals surface area contributed by atoms with Crippen LogP contribution in [0, 0.1) is 5.92 Å². The maximum atomic E-state index is 9.96. The van der Waals surface area contributed by atoms with Crippen molar-refractivity contribution in [3.05, 3.63) is 24.5 Å². The summed E-state index contributed by atoms with van der Waals surface area (Å²) in [6.07, 6.45) is 9.97. The maximum absolute atomic E-state index is 9.96. The lowest BCUT2D eigenvalue weighted by Gasteiger charge is -2.27. The number of fused-ring (bicyclic) bond motifs is 1. The molecule has 21 heavy (non-hydrogen) atoms. The largest absolute Gasteiger partial charge is 0.393 e. The molecular weight excluding hydrogens is 264 g/mol. The van der Waals surface area contributed by atoms with Crippen LogP contribution in [0.2, 0.25) is 0 Å². The summed E-state index contributed by atoms with van der Waals surface area (Å²) in [6, 6.07) is 3.87. The Bertz CT molecular complexity index is 589. The Balaban J connectivity index is 1.48. The molecule has 0 spiro atoms. The molecule has 0 bridgehead atoms. The predicted molar refractivity (Wildman–Crippen MR) is 83.0 cm³/mol. The van der Waals surface area contributed by atoms with Crippen molar-refractivity contribution in [3.63, 3.8) is 0 Å². The van der Waals surface area contributed by atoms with E-state index in [2.05, 4.69) is 20.3 Å². The normalized spacial score (nSPS) is 22.3. The SMILES string of the molecule is OC1CCCCC1CCCNc1ccc2nccnc2n1. The highest BCUT2D eigenvalue weighted by molar-refractivity contribution is 5.71. The van der Waals surface area contributed by atoms with Gasteiger partial charge >= 0.3 is 0 Å². The highest BCUT2D eigenvalue weighted by Crippen LogP contribution is 2.27. The lowest BCUT2D eigenvalue weighted by molar-refractivity contribution is 0.0648. The average Bonchev–Trinajstić information content (AvgIpc) is 2.53. The molecule has 2 heterocycles. The van der Waals surface area contributed by atoms with Crippen molar-refractivity contribution >= 4 is 17.0 Å². The van der Waals surface area contributed by atoms with Crippen LogP contribution in [0.3, 0.4) is 0 Å². The molecule has 2 N–H and O–H groups in total. The second kappa shape index (κ2) is 6.80. The molecular formula is C16H22N4O. The summed E-state index contributed by atoms with van der Waals surface area (Å²) < 4.78 is 0. The molecule has 0 amide bonds. The van der Waals surface area contributed by atoms with Crippen molar-refractivity contribution in [1.82, 2.24) is 15.0 Å². The van der Waals surface area contributed by atoms with Gasteiger partial charge in [0.05, 0.1) is 6.10 Å². The van der Waals surface area contributed by atoms with E-state index in [1.165, 1.54) is 19.3 Å². The summed E-state index contributed by atoms with van der Waals surface area (Å²) >= 11 is 0. The van der Waals surface area contributed by atoms with Crippen LogP contribution in [-0.4, -0.2) is 32.7 Å². The van der Waals surface area contributed by atoms with Crippen molar-refractivity contribution in [2.24, 2.45) is 5.92 Å². The summed E-state index contributed by atoms with van der Waals surface area (Å²) in [5.74, 6) is 1.32. The fourth-order valence-electron chi connectivity index (χ4n) is 3.06. The molecule has 2 unspecified atom stereocenters. The van der Waals surface area contributed by atoms with Crippen LogP contribution in [0.4, 0.5) is 5.82 Å². The topological polar surface area (TPSA) is 70.9 Å². The molecule has 5 nitrogen and oxygen atoms in total. The van der Waals surface area contributed by atoms with Crippen molar-refractivity contribution in [1.29, 1.82) is 0 Å². The second-order valence-corrected chi connectivity index (χ2v) is 5.78. The number of aliphatic hydroxyl groups excluding tert-OH is 1. The third-order valence-corrected chi connectivity index (χ3v) is 4.26. The maximum Gasteiger partial charge on any atom is 0.180 e. The Morgan fingerprint density at radius 3 is 2.90 bits per heavy atom. The van der Waals surface area contributed by atoms with E-state index in [0.717, 1.165) is 37.1 Å². The Labute approximate surface area is 124 Å². The number of nitrogens with zero attached hydrogens (tertiary/aromatic N) is 3. The molecule has 0 saturated heterocycles. The lowest BCUT2D eigenvalue weighted by Crippen LogP contribution is -2.24. The third kappa shape index (κ3) is 3.67. The molecule has 1 aliphatic carbocycles. The van der Waals surface area contributed by atoms with Gasteiger partial charge in [0.15, 0.2) is 5.65 Å². The van der Waals surface area contributed by atoms with Gasteiger partial charge in [0.25, 0.3) is 0 Å². The van der Waals surface area contributed by atoms with E-state index in [9.17, 15) is 5.11 Å². The van der Waals surface area contributed by atoms with Crippen LogP contribution >= 0.6 is 0 Å². The number of hydrogen-bond acceptors (Lipinski definition) is 5. The van der Waals surface area contributed by atoms with Gasteiger partial charge in [-0.1, -0.05) is 12.8 Å². The minimum absolute atomic E-state index is 0.0900. The van der Waals surface area contributed by atoms with Crippen molar-refractivity contribution in [3.8, 4) is 0 Å². The fourth-order valence-corrected chi connectivity index (χ4v) is 3.06. The van der Waals surface area contributed by atoms with Crippen LogP contribution in [-0.2, 0) is 0 Å². The average molecular weight is 286 g/mol. The van der Waals surface area contributed by atoms with E-state index >= 15 is 0 Å².